The summed E-state index contributed by atoms with van der Waals surface area (Å²) in [5, 5.41) is 13.6. The van der Waals surface area contributed by atoms with E-state index in [0.29, 0.717) is 0 Å². The summed E-state index contributed by atoms with van der Waals surface area (Å²) >= 11 is 0. The summed E-state index contributed by atoms with van der Waals surface area (Å²) < 4.78 is 0. The van der Waals surface area contributed by atoms with E-state index in [-0.39, 0.29) is 5.57 Å². The van der Waals surface area contributed by atoms with Crippen LogP contribution in [-0.2, 0) is 14.4 Å². The number of nitrogens with one attached hydrogen (secondary N) is 2. The number of imide groups is 1. The third-order valence-electron chi connectivity index (χ3n) is 2.83. The van der Waals surface area contributed by atoms with Crippen molar-refractivity contribution in [1.82, 2.24) is 10.6 Å². The molecule has 1 fully saturated rings. The first-order valence-electron chi connectivity index (χ1n) is 4.45. The van der Waals surface area contributed by atoms with Crippen LogP contribution in [0.15, 0.2) is 11.5 Å². The first kappa shape index (κ1) is 9.70. The van der Waals surface area contributed by atoms with E-state index in [1.54, 1.807) is 13.8 Å². The van der Waals surface area contributed by atoms with E-state index in [1.807, 2.05) is 5.32 Å². The van der Waals surface area contributed by atoms with Gasteiger partial charge in [-0.1, -0.05) is 13.8 Å². The second-order valence-electron chi connectivity index (χ2n) is 4.19. The Bertz CT molecular complexity index is 422. The summed E-state index contributed by atoms with van der Waals surface area (Å²) in [5.41, 5.74) is -0.919. The Morgan fingerprint density at radius 3 is 2.27 bits per heavy atom. The summed E-state index contributed by atoms with van der Waals surface area (Å²) in [6.45, 7) is 3.16. The number of aliphatic hydroxyl groups excluding tert-OH is 1. The van der Waals surface area contributed by atoms with Crippen LogP contribution in [-0.4, -0.2) is 22.8 Å². The van der Waals surface area contributed by atoms with Gasteiger partial charge in [-0.15, -0.1) is 0 Å². The van der Waals surface area contributed by atoms with E-state index >= 15 is 0 Å². The Kier molecular flexibility index (Phi) is 1.67. The van der Waals surface area contributed by atoms with E-state index in [9.17, 15) is 19.5 Å². The van der Waals surface area contributed by atoms with Crippen molar-refractivity contribution in [3.63, 3.8) is 0 Å². The predicted molar refractivity (Wildman–Crippen MR) is 48.2 cm³/mol. The zero-order chi connectivity index (χ0) is 11.4. The molecule has 6 nitrogen and oxygen atoms in total. The Morgan fingerprint density at radius 1 is 1.13 bits per heavy atom. The average Bonchev–Trinajstić information content (AvgIpc) is 1.97. The molecule has 0 aromatic heterocycles. The minimum Gasteiger partial charge on any atom is -0.494 e. The molecule has 15 heavy (non-hydrogen) atoms. The SMILES string of the molecule is CC1(C)C2=C(O)NC(=O)[C@@H]1C(=O)NC2=O. The van der Waals surface area contributed by atoms with Crippen molar-refractivity contribution in [3.8, 4) is 0 Å². The molecular formula is C9H10N2O4. The highest BCUT2D eigenvalue weighted by molar-refractivity contribution is 6.17. The topological polar surface area (TPSA) is 95.5 Å². The minimum absolute atomic E-state index is 0.0479. The highest BCUT2D eigenvalue weighted by atomic mass is 16.3. The van der Waals surface area contributed by atoms with E-state index in [0.717, 1.165) is 0 Å². The van der Waals surface area contributed by atoms with Gasteiger partial charge in [0.1, 0.15) is 5.92 Å². The number of piperidine rings is 1. The van der Waals surface area contributed by atoms with Crippen molar-refractivity contribution in [2.24, 2.45) is 11.3 Å². The van der Waals surface area contributed by atoms with Gasteiger partial charge in [0.2, 0.25) is 11.8 Å². The highest BCUT2D eigenvalue weighted by Gasteiger charge is 2.54. The molecule has 1 atom stereocenters. The van der Waals surface area contributed by atoms with Crippen molar-refractivity contribution in [1.29, 1.82) is 0 Å². The second-order valence-corrected chi connectivity index (χ2v) is 4.19. The Labute approximate surface area is 85.3 Å². The van der Waals surface area contributed by atoms with Crippen LogP contribution in [0.4, 0.5) is 0 Å². The number of carbonyl (C=O) groups excluding carboxylic acids is 3. The van der Waals surface area contributed by atoms with Gasteiger partial charge in [-0.2, -0.15) is 0 Å². The van der Waals surface area contributed by atoms with Crippen LogP contribution in [0.5, 0.6) is 0 Å². The molecule has 2 aliphatic rings. The van der Waals surface area contributed by atoms with Crippen molar-refractivity contribution < 1.29 is 19.5 Å². The zero-order valence-electron chi connectivity index (χ0n) is 8.25. The summed E-state index contributed by atoms with van der Waals surface area (Å²) in [6, 6.07) is 0. The molecule has 0 aromatic rings. The van der Waals surface area contributed by atoms with Gasteiger partial charge in [-0.05, 0) is 0 Å². The molecule has 0 radical (unpaired) electrons. The molecule has 6 heteroatoms. The molecule has 0 spiro atoms. The first-order chi connectivity index (χ1) is 6.85. The maximum atomic E-state index is 11.5. The molecule has 0 unspecified atom stereocenters. The minimum atomic E-state index is -0.971. The van der Waals surface area contributed by atoms with Gasteiger partial charge >= 0.3 is 0 Å². The van der Waals surface area contributed by atoms with E-state index in [1.165, 1.54) is 0 Å². The molecular weight excluding hydrogens is 200 g/mol. The van der Waals surface area contributed by atoms with Crippen molar-refractivity contribution in [2.75, 3.05) is 0 Å². The van der Waals surface area contributed by atoms with Crippen LogP contribution < -0.4 is 10.6 Å². The van der Waals surface area contributed by atoms with Crippen LogP contribution >= 0.6 is 0 Å². The number of hydrogen-bond acceptors (Lipinski definition) is 4. The van der Waals surface area contributed by atoms with Gasteiger partial charge in [0, 0.05) is 5.41 Å². The molecule has 3 amide bonds. The summed E-state index contributed by atoms with van der Waals surface area (Å²) in [7, 11) is 0. The van der Waals surface area contributed by atoms with Crippen molar-refractivity contribution in [3.05, 3.63) is 11.5 Å². The normalized spacial score (nSPS) is 28.7. The van der Waals surface area contributed by atoms with Gasteiger partial charge in [0.05, 0.1) is 5.57 Å². The zero-order valence-corrected chi connectivity index (χ0v) is 8.25. The smallest absolute Gasteiger partial charge is 0.259 e. The molecule has 2 heterocycles. The quantitative estimate of drug-likeness (QED) is 0.359. The predicted octanol–water partition coefficient (Wildman–Crippen LogP) is -0.815. The van der Waals surface area contributed by atoms with Gasteiger partial charge in [0.15, 0.2) is 5.88 Å². The lowest BCUT2D eigenvalue weighted by Gasteiger charge is -2.40. The van der Waals surface area contributed by atoms with Gasteiger partial charge < -0.3 is 5.11 Å². The van der Waals surface area contributed by atoms with Crippen LogP contribution in [0.2, 0.25) is 0 Å². The largest absolute Gasteiger partial charge is 0.494 e. The molecule has 0 saturated carbocycles. The van der Waals surface area contributed by atoms with E-state index in [4.69, 9.17) is 0 Å². The Hall–Kier alpha value is -1.85. The fraction of sp³-hybridized carbons (Fsp3) is 0.444. The summed E-state index contributed by atoms with van der Waals surface area (Å²) in [5.74, 6) is -3.31. The Morgan fingerprint density at radius 2 is 1.67 bits per heavy atom. The first-order valence-corrected chi connectivity index (χ1v) is 4.45. The molecule has 2 bridgehead atoms. The number of fused-ring (bicyclic) bond motifs is 2. The maximum Gasteiger partial charge on any atom is 0.259 e. The Balaban J connectivity index is 2.67. The standard InChI is InChI=1S/C9H10N2O4/c1-9(2)3-5(12)10-7(14)4(9)8(15)11-6(3)13/h3,14H,1-2H3,(H,10,12)(H,11,13,15)/t3-/m1/s1. The highest BCUT2D eigenvalue weighted by Crippen LogP contribution is 2.41. The second kappa shape index (κ2) is 2.59. The third-order valence-corrected chi connectivity index (χ3v) is 2.83. The number of amides is 3. The third kappa shape index (κ3) is 1.07. The summed E-state index contributed by atoms with van der Waals surface area (Å²) in [4.78, 5) is 34.4. The maximum absolute atomic E-state index is 11.5. The van der Waals surface area contributed by atoms with Gasteiger partial charge in [0.25, 0.3) is 5.91 Å². The molecule has 0 aromatic carbocycles. The average molecular weight is 210 g/mol. The monoisotopic (exact) mass is 210 g/mol. The molecule has 3 N–H and O–H groups in total. The lowest BCUT2D eigenvalue weighted by Crippen LogP contribution is -2.60. The van der Waals surface area contributed by atoms with Crippen LogP contribution in [0, 0.1) is 11.3 Å². The van der Waals surface area contributed by atoms with E-state index in [2.05, 4.69) is 5.32 Å². The van der Waals surface area contributed by atoms with Crippen molar-refractivity contribution >= 4 is 17.7 Å². The fourth-order valence-corrected chi connectivity index (χ4v) is 2.12. The number of aliphatic hydroxyl groups is 1. The molecule has 0 aliphatic carbocycles. The number of hydrogen-bond donors (Lipinski definition) is 3. The summed E-state index contributed by atoms with van der Waals surface area (Å²) in [6.07, 6.45) is 0. The fourth-order valence-electron chi connectivity index (χ4n) is 2.12. The molecule has 2 aliphatic heterocycles. The van der Waals surface area contributed by atoms with Gasteiger partial charge in [-0.3, -0.25) is 25.0 Å². The van der Waals surface area contributed by atoms with Crippen LogP contribution in [0.1, 0.15) is 13.8 Å². The lowest BCUT2D eigenvalue weighted by molar-refractivity contribution is -0.146. The van der Waals surface area contributed by atoms with Crippen LogP contribution in [0.25, 0.3) is 0 Å². The van der Waals surface area contributed by atoms with Crippen LogP contribution in [0.3, 0.4) is 0 Å². The number of carbonyl (C=O) groups is 3. The van der Waals surface area contributed by atoms with Gasteiger partial charge in [-0.25, -0.2) is 0 Å². The van der Waals surface area contributed by atoms with E-state index < -0.39 is 34.9 Å². The number of rotatable bonds is 0. The molecule has 80 valence electrons. The molecule has 1 saturated heterocycles. The van der Waals surface area contributed by atoms with Crippen molar-refractivity contribution in [2.45, 2.75) is 13.8 Å². The molecule has 2 rings (SSSR count). The lowest BCUT2D eigenvalue weighted by atomic mass is 9.68.